The number of ether oxygens (including phenoxy) is 1. The highest BCUT2D eigenvalue weighted by molar-refractivity contribution is 5.14. The molecule has 0 radical (unpaired) electrons. The minimum absolute atomic E-state index is 0.105. The molecule has 0 unspecified atom stereocenters. The van der Waals surface area contributed by atoms with Gasteiger partial charge in [0.25, 0.3) is 0 Å². The summed E-state index contributed by atoms with van der Waals surface area (Å²) in [6, 6.07) is 10.2. The Morgan fingerprint density at radius 1 is 1.04 bits per heavy atom. The highest BCUT2D eigenvalue weighted by atomic mass is 16.5. The van der Waals surface area contributed by atoms with Gasteiger partial charge in [-0.2, -0.15) is 0 Å². The summed E-state index contributed by atoms with van der Waals surface area (Å²) in [4.78, 5) is 2.11. The molecule has 2 N–H and O–H groups in total. The van der Waals surface area contributed by atoms with E-state index in [2.05, 4.69) is 17.0 Å². The highest BCUT2D eigenvalue weighted by Crippen LogP contribution is 2.60. The molecule has 0 aliphatic heterocycles. The van der Waals surface area contributed by atoms with Crippen LogP contribution in [0.4, 0.5) is 0 Å². The molecular weight excluding hydrogens is 338 g/mol. The lowest BCUT2D eigenvalue weighted by molar-refractivity contribution is -0.107. The predicted octanol–water partition coefficient (Wildman–Crippen LogP) is 3.07. The summed E-state index contributed by atoms with van der Waals surface area (Å²) in [5, 5.41) is 19.8. The molecule has 0 saturated heterocycles. The lowest BCUT2D eigenvalue weighted by atomic mass is 9.50. The van der Waals surface area contributed by atoms with E-state index in [1.54, 1.807) is 0 Å². The topological polar surface area (TPSA) is 52.9 Å². The van der Waals surface area contributed by atoms with Gasteiger partial charge in [-0.05, 0) is 67.3 Å². The van der Waals surface area contributed by atoms with E-state index in [9.17, 15) is 10.2 Å². The molecule has 0 spiro atoms. The lowest BCUT2D eigenvalue weighted by Crippen LogP contribution is -2.48. The van der Waals surface area contributed by atoms with E-state index >= 15 is 0 Å². The Labute approximate surface area is 163 Å². The Balaban J connectivity index is 1.23. The molecule has 0 amide bonds. The average Bonchev–Trinajstić information content (AvgIpc) is 2.61. The highest BCUT2D eigenvalue weighted by Gasteiger charge is 2.50. The van der Waals surface area contributed by atoms with Crippen molar-refractivity contribution in [3.63, 3.8) is 0 Å². The molecule has 4 aliphatic carbocycles. The molecule has 1 aromatic rings. The maximum Gasteiger partial charge on any atom is 0.0900 e. The van der Waals surface area contributed by atoms with E-state index in [-0.39, 0.29) is 6.61 Å². The summed E-state index contributed by atoms with van der Waals surface area (Å²) in [7, 11) is 0. The van der Waals surface area contributed by atoms with Crippen LogP contribution in [-0.2, 0) is 11.3 Å². The molecule has 4 aliphatic rings. The number of nitrogens with zero attached hydrogens (tertiary/aromatic N) is 1. The first kappa shape index (κ1) is 19.4. The van der Waals surface area contributed by atoms with Gasteiger partial charge in [-0.1, -0.05) is 30.3 Å². The van der Waals surface area contributed by atoms with Gasteiger partial charge in [0.2, 0.25) is 0 Å². The van der Waals surface area contributed by atoms with Crippen molar-refractivity contribution in [1.82, 2.24) is 4.90 Å². The smallest absolute Gasteiger partial charge is 0.0900 e. The van der Waals surface area contributed by atoms with E-state index in [4.69, 9.17) is 4.74 Å². The van der Waals surface area contributed by atoms with Crippen LogP contribution in [0, 0.1) is 23.2 Å². The first-order valence-corrected chi connectivity index (χ1v) is 10.8. The van der Waals surface area contributed by atoms with E-state index in [1.807, 2.05) is 18.2 Å². The summed E-state index contributed by atoms with van der Waals surface area (Å²) in [6.07, 6.45) is 7.90. The van der Waals surface area contributed by atoms with Crippen LogP contribution in [0.3, 0.4) is 0 Å². The molecule has 4 fully saturated rings. The number of aliphatic hydroxyl groups is 2. The third-order valence-corrected chi connectivity index (χ3v) is 7.02. The maximum absolute atomic E-state index is 10.5. The third kappa shape index (κ3) is 4.92. The fourth-order valence-electron chi connectivity index (χ4n) is 6.45. The molecule has 0 aromatic heterocycles. The third-order valence-electron chi connectivity index (χ3n) is 7.02. The number of hydrogen-bond acceptors (Lipinski definition) is 4. The van der Waals surface area contributed by atoms with Gasteiger partial charge in [-0.15, -0.1) is 0 Å². The van der Waals surface area contributed by atoms with E-state index < -0.39 is 6.10 Å². The summed E-state index contributed by atoms with van der Waals surface area (Å²) in [5.74, 6) is 2.82. The van der Waals surface area contributed by atoms with Crippen LogP contribution in [0.15, 0.2) is 30.3 Å². The zero-order chi connectivity index (χ0) is 18.7. The molecular formula is C23H35NO3. The normalized spacial score (nSPS) is 32.9. The Morgan fingerprint density at radius 2 is 1.67 bits per heavy atom. The fourth-order valence-corrected chi connectivity index (χ4v) is 6.45. The van der Waals surface area contributed by atoms with Crippen molar-refractivity contribution in [1.29, 1.82) is 0 Å². The monoisotopic (exact) mass is 373 g/mol. The second-order valence-corrected chi connectivity index (χ2v) is 9.53. The molecule has 150 valence electrons. The lowest BCUT2D eigenvalue weighted by Gasteiger charge is -2.56. The number of benzene rings is 1. The molecule has 0 heterocycles. The van der Waals surface area contributed by atoms with Crippen LogP contribution in [0.2, 0.25) is 0 Å². The summed E-state index contributed by atoms with van der Waals surface area (Å²) >= 11 is 0. The SMILES string of the molecule is OCCN(Cc1ccccc1)C[C@H](O)COCC12CC3CC(CC(C3)C1)C2. The van der Waals surface area contributed by atoms with Crippen LogP contribution in [0.5, 0.6) is 0 Å². The van der Waals surface area contributed by atoms with E-state index in [0.717, 1.165) is 30.9 Å². The summed E-state index contributed by atoms with van der Waals surface area (Å²) in [5.41, 5.74) is 1.61. The first-order chi connectivity index (χ1) is 13.1. The second kappa shape index (κ2) is 8.60. The molecule has 4 saturated carbocycles. The zero-order valence-electron chi connectivity index (χ0n) is 16.4. The van der Waals surface area contributed by atoms with Gasteiger partial charge < -0.3 is 14.9 Å². The van der Waals surface area contributed by atoms with Crippen LogP contribution in [0.1, 0.15) is 44.1 Å². The molecule has 27 heavy (non-hydrogen) atoms. The largest absolute Gasteiger partial charge is 0.395 e. The molecule has 1 atom stereocenters. The summed E-state index contributed by atoms with van der Waals surface area (Å²) < 4.78 is 6.07. The Morgan fingerprint density at radius 3 is 2.26 bits per heavy atom. The van der Waals surface area contributed by atoms with Crippen molar-refractivity contribution in [3.05, 3.63) is 35.9 Å². The van der Waals surface area contributed by atoms with Gasteiger partial charge in [0.1, 0.15) is 0 Å². The van der Waals surface area contributed by atoms with Crippen molar-refractivity contribution >= 4 is 0 Å². The van der Waals surface area contributed by atoms with Gasteiger partial charge in [-0.25, -0.2) is 0 Å². The van der Waals surface area contributed by atoms with Gasteiger partial charge in [-0.3, -0.25) is 4.90 Å². The van der Waals surface area contributed by atoms with Gasteiger partial charge in [0.05, 0.1) is 25.9 Å². The number of rotatable bonds is 10. The van der Waals surface area contributed by atoms with Crippen LogP contribution >= 0.6 is 0 Å². The first-order valence-electron chi connectivity index (χ1n) is 10.8. The zero-order valence-corrected chi connectivity index (χ0v) is 16.4. The van der Waals surface area contributed by atoms with Crippen LogP contribution in [-0.4, -0.2) is 54.1 Å². The van der Waals surface area contributed by atoms with Crippen molar-refractivity contribution in [2.24, 2.45) is 23.2 Å². The molecule has 4 bridgehead atoms. The Bertz CT molecular complexity index is 555. The van der Waals surface area contributed by atoms with Crippen LogP contribution < -0.4 is 0 Å². The number of aliphatic hydroxyl groups excluding tert-OH is 2. The summed E-state index contributed by atoms with van der Waals surface area (Å²) in [6.45, 7) is 3.18. The van der Waals surface area contributed by atoms with Crippen molar-refractivity contribution in [2.75, 3.05) is 32.9 Å². The maximum atomic E-state index is 10.5. The van der Waals surface area contributed by atoms with E-state index in [1.165, 1.54) is 44.1 Å². The second-order valence-electron chi connectivity index (χ2n) is 9.53. The standard InChI is InChI=1S/C23H35NO3/c25-7-6-24(14-18-4-2-1-3-5-18)15-22(26)16-27-17-23-11-19-8-20(12-23)10-21(9-19)13-23/h1-5,19-22,25-26H,6-17H2/t19?,20?,21?,22-,23?/m0/s1. The van der Waals surface area contributed by atoms with Crippen molar-refractivity contribution < 1.29 is 14.9 Å². The molecule has 4 heteroatoms. The van der Waals surface area contributed by atoms with Gasteiger partial charge >= 0.3 is 0 Å². The minimum atomic E-state index is -0.505. The van der Waals surface area contributed by atoms with Crippen molar-refractivity contribution in [3.8, 4) is 0 Å². The van der Waals surface area contributed by atoms with Crippen LogP contribution in [0.25, 0.3) is 0 Å². The molecule has 5 rings (SSSR count). The molecule has 4 nitrogen and oxygen atoms in total. The Hall–Kier alpha value is -0.940. The number of hydrogen-bond donors (Lipinski definition) is 2. The van der Waals surface area contributed by atoms with E-state index in [0.29, 0.717) is 25.1 Å². The quantitative estimate of drug-likeness (QED) is 0.662. The minimum Gasteiger partial charge on any atom is -0.395 e. The van der Waals surface area contributed by atoms with Gasteiger partial charge in [0.15, 0.2) is 0 Å². The van der Waals surface area contributed by atoms with Gasteiger partial charge in [0, 0.05) is 19.6 Å². The predicted molar refractivity (Wildman–Crippen MR) is 106 cm³/mol. The van der Waals surface area contributed by atoms with Crippen molar-refractivity contribution in [2.45, 2.75) is 51.2 Å². The Kier molecular flexibility index (Phi) is 6.18. The average molecular weight is 374 g/mol. The fraction of sp³-hybridized carbons (Fsp3) is 0.739. The molecule has 1 aromatic carbocycles.